The third kappa shape index (κ3) is 4.60. The van der Waals surface area contributed by atoms with Gasteiger partial charge in [0.25, 0.3) is 0 Å². The molecule has 2 rings (SSSR count). The molecule has 0 heterocycles. The number of hydrogen-bond donors (Lipinski definition) is 2. The second-order valence-corrected chi connectivity index (χ2v) is 7.00. The normalized spacial score (nSPS) is 11.5. The molecule has 6 nitrogen and oxygen atoms in total. The van der Waals surface area contributed by atoms with E-state index in [0.717, 1.165) is 5.41 Å². The molecule has 126 valence electrons. The second-order valence-electron chi connectivity index (χ2n) is 5.11. The van der Waals surface area contributed by atoms with Crippen LogP contribution in [0.5, 0.6) is 5.75 Å². The lowest BCUT2D eigenvalue weighted by Gasteiger charge is -2.06. The molecule has 0 radical (unpaired) electrons. The molecule has 0 unspecified atom stereocenters. The van der Waals surface area contributed by atoms with Crippen molar-refractivity contribution in [1.29, 1.82) is 0 Å². The molecule has 24 heavy (non-hydrogen) atoms. The summed E-state index contributed by atoms with van der Waals surface area (Å²) in [5.74, 6) is -0.731. The monoisotopic (exact) mass is 347 g/mol. The maximum Gasteiger partial charge on any atom is 0.335 e. The molecule has 2 aromatic rings. The number of benzene rings is 2. The van der Waals surface area contributed by atoms with Crippen molar-refractivity contribution in [3.63, 3.8) is 0 Å². The minimum Gasteiger partial charge on any atom is -0.495 e. The maximum atomic E-state index is 12.2. The van der Waals surface area contributed by atoms with Crippen molar-refractivity contribution in [1.82, 2.24) is 0 Å². The predicted molar refractivity (Wildman–Crippen MR) is 92.5 cm³/mol. The number of carboxylic acids is 1. The first-order chi connectivity index (χ1) is 11.3. The van der Waals surface area contributed by atoms with Gasteiger partial charge in [-0.15, -0.1) is 0 Å². The maximum absolute atomic E-state index is 12.2. The Balaban J connectivity index is 2.12. The SMILES string of the molecule is COc1ccc(CS(=O)(=O)/C=C/c2ccc(C(=O)O)cc2)cc1N. The number of carboxylic acid groups (broad SMARTS) is 1. The summed E-state index contributed by atoms with van der Waals surface area (Å²) in [5, 5.41) is 9.93. The topological polar surface area (TPSA) is 107 Å². The molecule has 0 saturated heterocycles. The van der Waals surface area contributed by atoms with Crippen LogP contribution >= 0.6 is 0 Å². The van der Waals surface area contributed by atoms with E-state index in [1.54, 1.807) is 30.3 Å². The van der Waals surface area contributed by atoms with Crippen molar-refractivity contribution in [3.05, 3.63) is 64.6 Å². The molecule has 2 aromatic carbocycles. The van der Waals surface area contributed by atoms with Crippen LogP contribution in [-0.4, -0.2) is 26.6 Å². The first-order valence-electron chi connectivity index (χ1n) is 6.97. The molecule has 0 amide bonds. The first-order valence-corrected chi connectivity index (χ1v) is 8.69. The Hall–Kier alpha value is -2.80. The molecule has 3 N–H and O–H groups in total. The summed E-state index contributed by atoms with van der Waals surface area (Å²) in [6, 6.07) is 10.7. The Morgan fingerprint density at radius 2 is 1.88 bits per heavy atom. The Morgan fingerprint density at radius 3 is 2.42 bits per heavy atom. The average molecular weight is 347 g/mol. The molecule has 0 atom stereocenters. The number of methoxy groups -OCH3 is 1. The van der Waals surface area contributed by atoms with Gasteiger partial charge in [0.05, 0.1) is 24.1 Å². The fourth-order valence-corrected chi connectivity index (χ4v) is 3.18. The van der Waals surface area contributed by atoms with E-state index in [4.69, 9.17) is 15.6 Å². The smallest absolute Gasteiger partial charge is 0.335 e. The summed E-state index contributed by atoms with van der Waals surface area (Å²) in [6.07, 6.45) is 1.42. The molecular formula is C17H17NO5S. The molecule has 0 aliphatic rings. The van der Waals surface area contributed by atoms with E-state index < -0.39 is 15.8 Å². The summed E-state index contributed by atoms with van der Waals surface area (Å²) in [4.78, 5) is 10.8. The summed E-state index contributed by atoms with van der Waals surface area (Å²) >= 11 is 0. The number of nitrogens with two attached hydrogens (primary N) is 1. The fraction of sp³-hybridized carbons (Fsp3) is 0.118. The van der Waals surface area contributed by atoms with Gasteiger partial charge in [0.15, 0.2) is 9.84 Å². The van der Waals surface area contributed by atoms with Gasteiger partial charge in [0.2, 0.25) is 0 Å². The van der Waals surface area contributed by atoms with Gasteiger partial charge in [0, 0.05) is 5.41 Å². The van der Waals surface area contributed by atoms with Gasteiger partial charge in [-0.25, -0.2) is 13.2 Å². The minimum absolute atomic E-state index is 0.142. The Labute approximate surface area is 140 Å². The number of hydrogen-bond acceptors (Lipinski definition) is 5. The zero-order chi connectivity index (χ0) is 17.7. The van der Waals surface area contributed by atoms with Crippen LogP contribution in [0.4, 0.5) is 5.69 Å². The quantitative estimate of drug-likeness (QED) is 0.778. The highest BCUT2D eigenvalue weighted by Gasteiger charge is 2.10. The molecule has 0 aliphatic heterocycles. The molecule has 0 spiro atoms. The van der Waals surface area contributed by atoms with E-state index in [9.17, 15) is 13.2 Å². The van der Waals surface area contributed by atoms with Crippen molar-refractivity contribution >= 4 is 27.6 Å². The first kappa shape index (κ1) is 17.6. The third-order valence-electron chi connectivity index (χ3n) is 3.29. The highest BCUT2D eigenvalue weighted by molar-refractivity contribution is 7.93. The fourth-order valence-electron chi connectivity index (χ4n) is 2.07. The van der Waals surface area contributed by atoms with Gasteiger partial charge in [-0.1, -0.05) is 18.2 Å². The van der Waals surface area contributed by atoms with Crippen molar-refractivity contribution in [2.75, 3.05) is 12.8 Å². The van der Waals surface area contributed by atoms with Crippen LogP contribution in [0.1, 0.15) is 21.5 Å². The Kier molecular flexibility index (Phi) is 5.25. The van der Waals surface area contributed by atoms with Gasteiger partial charge < -0.3 is 15.6 Å². The third-order valence-corrected chi connectivity index (χ3v) is 4.57. The van der Waals surface area contributed by atoms with E-state index in [-0.39, 0.29) is 11.3 Å². The largest absolute Gasteiger partial charge is 0.495 e. The standard InChI is InChI=1S/C17H17NO5S/c1-23-16-7-4-13(10-15(16)18)11-24(21,22)9-8-12-2-5-14(6-3-12)17(19)20/h2-10H,11,18H2,1H3,(H,19,20)/b9-8+. The van der Waals surface area contributed by atoms with Gasteiger partial charge in [-0.3, -0.25) is 0 Å². The number of anilines is 1. The highest BCUT2D eigenvalue weighted by atomic mass is 32.2. The Bertz CT molecular complexity index is 870. The molecule has 0 fully saturated rings. The van der Waals surface area contributed by atoms with E-state index in [1.807, 2.05) is 0 Å². The molecule has 0 aliphatic carbocycles. The van der Waals surface area contributed by atoms with Crippen LogP contribution in [0.2, 0.25) is 0 Å². The number of rotatable bonds is 6. The van der Waals surface area contributed by atoms with Gasteiger partial charge >= 0.3 is 5.97 Å². The van der Waals surface area contributed by atoms with Gasteiger partial charge in [0.1, 0.15) is 5.75 Å². The van der Waals surface area contributed by atoms with E-state index in [0.29, 0.717) is 22.6 Å². The van der Waals surface area contributed by atoms with Crippen LogP contribution in [0.15, 0.2) is 47.9 Å². The number of ether oxygens (including phenoxy) is 1. The van der Waals surface area contributed by atoms with Crippen molar-refractivity contribution in [2.45, 2.75) is 5.75 Å². The summed E-state index contributed by atoms with van der Waals surface area (Å²) in [5.41, 5.74) is 7.43. The summed E-state index contributed by atoms with van der Waals surface area (Å²) in [6.45, 7) is 0. The lowest BCUT2D eigenvalue weighted by molar-refractivity contribution is 0.0697. The van der Waals surface area contributed by atoms with Gasteiger partial charge in [-0.2, -0.15) is 0 Å². The van der Waals surface area contributed by atoms with E-state index >= 15 is 0 Å². The highest BCUT2D eigenvalue weighted by Crippen LogP contribution is 2.23. The van der Waals surface area contributed by atoms with Crippen LogP contribution in [0.3, 0.4) is 0 Å². The van der Waals surface area contributed by atoms with E-state index in [2.05, 4.69) is 0 Å². The van der Waals surface area contributed by atoms with Crippen molar-refractivity contribution < 1.29 is 23.1 Å². The van der Waals surface area contributed by atoms with Crippen LogP contribution in [0, 0.1) is 0 Å². The number of aromatic carboxylic acids is 1. The zero-order valence-electron chi connectivity index (χ0n) is 13.0. The minimum atomic E-state index is -3.49. The molecule has 7 heteroatoms. The molecule has 0 bridgehead atoms. The molecule has 0 aromatic heterocycles. The molecule has 0 saturated carbocycles. The van der Waals surface area contributed by atoms with Crippen molar-refractivity contribution in [3.8, 4) is 5.75 Å². The van der Waals surface area contributed by atoms with E-state index in [1.165, 1.54) is 25.3 Å². The van der Waals surface area contributed by atoms with Crippen molar-refractivity contribution in [2.24, 2.45) is 0 Å². The number of nitrogen functional groups attached to an aromatic ring is 1. The number of carbonyl (C=O) groups is 1. The predicted octanol–water partition coefficient (Wildman–Crippen LogP) is 2.56. The second kappa shape index (κ2) is 7.18. The Morgan fingerprint density at radius 1 is 1.21 bits per heavy atom. The summed E-state index contributed by atoms with van der Waals surface area (Å²) in [7, 11) is -2.00. The lowest BCUT2D eigenvalue weighted by atomic mass is 10.1. The van der Waals surface area contributed by atoms with Crippen LogP contribution in [0.25, 0.3) is 6.08 Å². The zero-order valence-corrected chi connectivity index (χ0v) is 13.8. The molecular weight excluding hydrogens is 330 g/mol. The number of sulfone groups is 1. The van der Waals surface area contributed by atoms with Gasteiger partial charge in [-0.05, 0) is 41.5 Å². The van der Waals surface area contributed by atoms with Crippen LogP contribution in [-0.2, 0) is 15.6 Å². The average Bonchev–Trinajstić information content (AvgIpc) is 2.53. The van der Waals surface area contributed by atoms with Crippen LogP contribution < -0.4 is 10.5 Å². The lowest BCUT2D eigenvalue weighted by Crippen LogP contribution is -2.01. The summed E-state index contributed by atoms with van der Waals surface area (Å²) < 4.78 is 29.4.